The number of hydrogen-bond donors (Lipinski definition) is 1. The highest BCUT2D eigenvalue weighted by Crippen LogP contribution is 2.31. The van der Waals surface area contributed by atoms with E-state index in [1.54, 1.807) is 4.90 Å². The van der Waals surface area contributed by atoms with Gasteiger partial charge in [0.15, 0.2) is 0 Å². The Hall–Kier alpha value is -1.54. The van der Waals surface area contributed by atoms with Crippen LogP contribution in [-0.4, -0.2) is 59.1 Å². The van der Waals surface area contributed by atoms with Crippen molar-refractivity contribution in [2.24, 2.45) is 11.8 Å². The van der Waals surface area contributed by atoms with E-state index in [1.807, 2.05) is 0 Å². The van der Waals surface area contributed by atoms with Crippen molar-refractivity contribution in [2.45, 2.75) is 70.8 Å². The standard InChI is InChI=1S/C21H33N5O2S/c1-14(2)20-23-24-21(29-20)26-13-16(11-18(26)27)19(28)22-12-15-7-9-25(10-8-15)17-5-3-4-6-17/h14-17H,3-13H2,1-2H3,(H,22,28). The summed E-state index contributed by atoms with van der Waals surface area (Å²) < 4.78 is 0. The van der Waals surface area contributed by atoms with E-state index in [9.17, 15) is 9.59 Å². The molecular formula is C21H33N5O2S. The number of amides is 2. The van der Waals surface area contributed by atoms with Gasteiger partial charge in [0.2, 0.25) is 16.9 Å². The number of anilines is 1. The molecule has 0 bridgehead atoms. The van der Waals surface area contributed by atoms with Gasteiger partial charge in [-0.05, 0) is 44.7 Å². The highest BCUT2D eigenvalue weighted by Gasteiger charge is 2.37. The normalized spacial score (nSPS) is 24.7. The van der Waals surface area contributed by atoms with Crippen molar-refractivity contribution in [3.8, 4) is 0 Å². The first-order chi connectivity index (χ1) is 14.0. The van der Waals surface area contributed by atoms with Gasteiger partial charge in [-0.1, -0.05) is 38.0 Å². The number of piperidine rings is 1. The Morgan fingerprint density at radius 1 is 1.17 bits per heavy atom. The zero-order chi connectivity index (χ0) is 20.4. The highest BCUT2D eigenvalue weighted by molar-refractivity contribution is 7.15. The molecule has 1 N–H and O–H groups in total. The number of rotatable bonds is 6. The first-order valence-electron chi connectivity index (χ1n) is 11.2. The minimum Gasteiger partial charge on any atom is -0.356 e. The van der Waals surface area contributed by atoms with Crippen LogP contribution in [0.3, 0.4) is 0 Å². The van der Waals surface area contributed by atoms with Crippen LogP contribution >= 0.6 is 11.3 Å². The number of likely N-dealkylation sites (tertiary alicyclic amines) is 1. The minimum atomic E-state index is -0.285. The molecule has 160 valence electrons. The lowest BCUT2D eigenvalue weighted by Gasteiger charge is -2.36. The van der Waals surface area contributed by atoms with E-state index in [0.29, 0.717) is 17.6 Å². The molecule has 29 heavy (non-hydrogen) atoms. The van der Waals surface area contributed by atoms with Gasteiger partial charge in [-0.2, -0.15) is 0 Å². The molecule has 1 atom stereocenters. The molecule has 0 aromatic carbocycles. The largest absolute Gasteiger partial charge is 0.356 e. The molecule has 4 rings (SSSR count). The summed E-state index contributed by atoms with van der Waals surface area (Å²) in [6.07, 6.45) is 8.08. The van der Waals surface area contributed by atoms with E-state index in [0.717, 1.165) is 43.5 Å². The highest BCUT2D eigenvalue weighted by atomic mass is 32.1. The van der Waals surface area contributed by atoms with Gasteiger partial charge in [0, 0.05) is 31.5 Å². The average molecular weight is 420 g/mol. The molecule has 2 saturated heterocycles. The molecule has 3 heterocycles. The quantitative estimate of drug-likeness (QED) is 0.767. The van der Waals surface area contributed by atoms with Crippen LogP contribution in [-0.2, 0) is 9.59 Å². The number of nitrogens with zero attached hydrogens (tertiary/aromatic N) is 4. The Balaban J connectivity index is 1.22. The van der Waals surface area contributed by atoms with E-state index in [1.165, 1.54) is 37.0 Å². The van der Waals surface area contributed by atoms with Crippen LogP contribution in [0.4, 0.5) is 5.13 Å². The molecule has 8 heteroatoms. The summed E-state index contributed by atoms with van der Waals surface area (Å²) in [5.41, 5.74) is 0. The van der Waals surface area contributed by atoms with Gasteiger partial charge in [0.25, 0.3) is 0 Å². The van der Waals surface area contributed by atoms with Crippen LogP contribution in [0.5, 0.6) is 0 Å². The number of carbonyl (C=O) groups is 2. The smallest absolute Gasteiger partial charge is 0.229 e. The number of carbonyl (C=O) groups excluding carboxylic acids is 2. The molecule has 1 aromatic rings. The summed E-state index contributed by atoms with van der Waals surface area (Å²) in [5.74, 6) is 0.543. The van der Waals surface area contributed by atoms with E-state index in [4.69, 9.17) is 0 Å². The van der Waals surface area contributed by atoms with Crippen LogP contribution in [0.15, 0.2) is 0 Å². The van der Waals surface area contributed by atoms with Crippen LogP contribution < -0.4 is 10.2 Å². The third-order valence-electron chi connectivity index (χ3n) is 6.71. The molecule has 0 spiro atoms. The lowest BCUT2D eigenvalue weighted by Crippen LogP contribution is -2.43. The topological polar surface area (TPSA) is 78.4 Å². The molecule has 2 aliphatic heterocycles. The molecule has 7 nitrogen and oxygen atoms in total. The summed E-state index contributed by atoms with van der Waals surface area (Å²) in [4.78, 5) is 29.4. The lowest BCUT2D eigenvalue weighted by molar-refractivity contribution is -0.126. The van der Waals surface area contributed by atoms with Gasteiger partial charge in [0.05, 0.1) is 5.92 Å². The predicted molar refractivity (Wildman–Crippen MR) is 114 cm³/mol. The Morgan fingerprint density at radius 2 is 1.90 bits per heavy atom. The molecule has 1 unspecified atom stereocenters. The number of nitrogens with one attached hydrogen (secondary N) is 1. The third kappa shape index (κ3) is 4.79. The minimum absolute atomic E-state index is 0.00710. The maximum absolute atomic E-state index is 12.7. The van der Waals surface area contributed by atoms with Gasteiger partial charge in [-0.25, -0.2) is 0 Å². The van der Waals surface area contributed by atoms with Crippen molar-refractivity contribution in [1.82, 2.24) is 20.4 Å². The molecule has 3 aliphatic rings. The first kappa shape index (κ1) is 20.7. The third-order valence-corrected chi connectivity index (χ3v) is 7.95. The van der Waals surface area contributed by atoms with Crippen molar-refractivity contribution >= 4 is 28.3 Å². The number of aromatic nitrogens is 2. The van der Waals surface area contributed by atoms with Gasteiger partial charge in [-0.15, -0.1) is 10.2 Å². The van der Waals surface area contributed by atoms with E-state index in [2.05, 4.69) is 34.3 Å². The van der Waals surface area contributed by atoms with Gasteiger partial charge in [0.1, 0.15) is 5.01 Å². The summed E-state index contributed by atoms with van der Waals surface area (Å²) in [7, 11) is 0. The molecule has 1 aliphatic carbocycles. The summed E-state index contributed by atoms with van der Waals surface area (Å²) >= 11 is 1.45. The second kappa shape index (κ2) is 9.08. The Labute approximate surface area is 177 Å². The van der Waals surface area contributed by atoms with Gasteiger partial charge >= 0.3 is 0 Å². The van der Waals surface area contributed by atoms with Crippen LogP contribution in [0, 0.1) is 11.8 Å². The zero-order valence-corrected chi connectivity index (χ0v) is 18.4. The first-order valence-corrected chi connectivity index (χ1v) is 12.0. The molecule has 1 saturated carbocycles. The summed E-state index contributed by atoms with van der Waals surface area (Å²) in [5, 5.41) is 13.0. The summed E-state index contributed by atoms with van der Waals surface area (Å²) in [6, 6.07) is 0.803. The van der Waals surface area contributed by atoms with Crippen LogP contribution in [0.1, 0.15) is 69.7 Å². The Bertz CT molecular complexity index is 722. The fraction of sp³-hybridized carbons (Fsp3) is 0.810. The van der Waals surface area contributed by atoms with Crippen molar-refractivity contribution in [2.75, 3.05) is 31.1 Å². The second-order valence-corrected chi connectivity index (χ2v) is 10.1. The van der Waals surface area contributed by atoms with Crippen molar-refractivity contribution in [3.05, 3.63) is 5.01 Å². The molecule has 0 radical (unpaired) electrons. The van der Waals surface area contributed by atoms with Crippen molar-refractivity contribution in [3.63, 3.8) is 0 Å². The van der Waals surface area contributed by atoms with E-state index < -0.39 is 0 Å². The second-order valence-electron chi connectivity index (χ2n) is 9.15. The molecule has 3 fully saturated rings. The van der Waals surface area contributed by atoms with E-state index >= 15 is 0 Å². The van der Waals surface area contributed by atoms with Gasteiger partial charge < -0.3 is 10.2 Å². The van der Waals surface area contributed by atoms with Gasteiger partial charge in [-0.3, -0.25) is 14.5 Å². The summed E-state index contributed by atoms with van der Waals surface area (Å²) in [6.45, 7) is 7.59. The van der Waals surface area contributed by atoms with Crippen LogP contribution in [0.25, 0.3) is 0 Å². The maximum Gasteiger partial charge on any atom is 0.229 e. The maximum atomic E-state index is 12.7. The fourth-order valence-corrected chi connectivity index (χ4v) is 5.69. The Kier molecular flexibility index (Phi) is 6.49. The molecule has 1 aromatic heterocycles. The molecular weight excluding hydrogens is 386 g/mol. The monoisotopic (exact) mass is 419 g/mol. The molecule has 2 amide bonds. The van der Waals surface area contributed by atoms with Crippen molar-refractivity contribution < 1.29 is 9.59 Å². The Morgan fingerprint density at radius 3 is 2.55 bits per heavy atom. The lowest BCUT2D eigenvalue weighted by atomic mass is 9.95. The number of hydrogen-bond acceptors (Lipinski definition) is 6. The fourth-order valence-electron chi connectivity index (χ4n) is 4.82. The zero-order valence-electron chi connectivity index (χ0n) is 17.6. The average Bonchev–Trinajstić information content (AvgIpc) is 3.46. The van der Waals surface area contributed by atoms with E-state index in [-0.39, 0.29) is 30.1 Å². The SMILES string of the molecule is CC(C)c1nnc(N2CC(C(=O)NCC3CCN(C4CCCC4)CC3)CC2=O)s1. The van der Waals surface area contributed by atoms with Crippen molar-refractivity contribution in [1.29, 1.82) is 0 Å². The van der Waals surface area contributed by atoms with Crippen LogP contribution in [0.2, 0.25) is 0 Å². The predicted octanol–water partition coefficient (Wildman–Crippen LogP) is 2.79.